The minimum absolute atomic E-state index is 0.199. The molecule has 0 bridgehead atoms. The van der Waals surface area contributed by atoms with Crippen molar-refractivity contribution in [3.63, 3.8) is 0 Å². The summed E-state index contributed by atoms with van der Waals surface area (Å²) in [5.41, 5.74) is 1.52. The van der Waals surface area contributed by atoms with Crippen LogP contribution in [0.1, 0.15) is 16.1 Å². The van der Waals surface area contributed by atoms with Gasteiger partial charge in [-0.25, -0.2) is 0 Å². The zero-order valence-electron chi connectivity index (χ0n) is 18.7. The number of methoxy groups -OCH3 is 1. The lowest BCUT2D eigenvalue weighted by Gasteiger charge is -2.14. The highest BCUT2D eigenvalue weighted by atomic mass is 79.9. The first-order chi connectivity index (χ1) is 17.0. The number of halogens is 1. The summed E-state index contributed by atoms with van der Waals surface area (Å²) in [6.45, 7) is 0.707. The van der Waals surface area contributed by atoms with Gasteiger partial charge in [0.25, 0.3) is 17.7 Å². The van der Waals surface area contributed by atoms with Gasteiger partial charge >= 0.3 is 0 Å². The zero-order valence-corrected chi connectivity index (χ0v) is 22.0. The molecule has 2 aromatic carbocycles. The average molecular weight is 573 g/mol. The highest BCUT2D eigenvalue weighted by Gasteiger charge is 2.38. The SMILES string of the molecule is COCCCN1C(=O)C(Nc2ccc(Br)cc2)=C(Sc2cccc(NC(=O)c3cccs3)c2)C1=O. The van der Waals surface area contributed by atoms with Crippen molar-refractivity contribution in [1.82, 2.24) is 4.90 Å². The fourth-order valence-electron chi connectivity index (χ4n) is 3.36. The van der Waals surface area contributed by atoms with E-state index in [0.717, 1.165) is 9.37 Å². The van der Waals surface area contributed by atoms with E-state index in [1.54, 1.807) is 31.4 Å². The van der Waals surface area contributed by atoms with Gasteiger partial charge in [-0.1, -0.05) is 39.8 Å². The molecule has 7 nitrogen and oxygen atoms in total. The summed E-state index contributed by atoms with van der Waals surface area (Å²) in [5, 5.41) is 7.85. The van der Waals surface area contributed by atoms with Crippen LogP contribution in [0.4, 0.5) is 11.4 Å². The van der Waals surface area contributed by atoms with E-state index >= 15 is 0 Å². The van der Waals surface area contributed by atoms with Crippen LogP contribution in [-0.4, -0.2) is 42.9 Å². The second kappa shape index (κ2) is 11.7. The Morgan fingerprint density at radius 1 is 1.06 bits per heavy atom. The second-order valence-corrected chi connectivity index (χ2v) is 10.5. The van der Waals surface area contributed by atoms with Crippen LogP contribution >= 0.6 is 39.0 Å². The molecule has 0 saturated heterocycles. The predicted molar refractivity (Wildman–Crippen MR) is 143 cm³/mol. The summed E-state index contributed by atoms with van der Waals surface area (Å²) in [7, 11) is 1.58. The molecule has 0 unspecified atom stereocenters. The Labute approximate surface area is 219 Å². The molecule has 10 heteroatoms. The molecule has 0 spiro atoms. The van der Waals surface area contributed by atoms with Crippen molar-refractivity contribution in [2.24, 2.45) is 0 Å². The van der Waals surface area contributed by atoms with Gasteiger partial charge < -0.3 is 15.4 Å². The highest BCUT2D eigenvalue weighted by molar-refractivity contribution is 9.10. The Morgan fingerprint density at radius 3 is 2.57 bits per heavy atom. The van der Waals surface area contributed by atoms with Crippen molar-refractivity contribution in [3.8, 4) is 0 Å². The number of carbonyl (C=O) groups excluding carboxylic acids is 3. The minimum Gasteiger partial charge on any atom is -0.385 e. The van der Waals surface area contributed by atoms with Crippen LogP contribution in [0.3, 0.4) is 0 Å². The number of carbonyl (C=O) groups is 3. The molecule has 3 amide bonds. The summed E-state index contributed by atoms with van der Waals surface area (Å²) in [6, 6.07) is 18.1. The number of thiophene rings is 1. The molecular formula is C25H22BrN3O4S2. The number of rotatable bonds is 10. The van der Waals surface area contributed by atoms with Gasteiger partial charge in [0, 0.05) is 41.0 Å². The fraction of sp³-hybridized carbons (Fsp3) is 0.160. The van der Waals surface area contributed by atoms with Crippen LogP contribution in [0.15, 0.2) is 86.0 Å². The van der Waals surface area contributed by atoms with Gasteiger partial charge in [-0.3, -0.25) is 19.3 Å². The van der Waals surface area contributed by atoms with Gasteiger partial charge in [-0.2, -0.15) is 0 Å². The number of imide groups is 1. The number of anilines is 2. The Hall–Kier alpha value is -2.92. The number of thioether (sulfide) groups is 1. The molecule has 1 aliphatic rings. The molecule has 4 rings (SSSR count). The van der Waals surface area contributed by atoms with Crippen LogP contribution in [0.5, 0.6) is 0 Å². The molecule has 0 atom stereocenters. The first kappa shape index (κ1) is 25.2. The number of benzene rings is 2. The molecule has 180 valence electrons. The Balaban J connectivity index is 1.58. The van der Waals surface area contributed by atoms with E-state index in [2.05, 4.69) is 26.6 Å². The van der Waals surface area contributed by atoms with Crippen LogP contribution < -0.4 is 10.6 Å². The van der Waals surface area contributed by atoms with Crippen molar-refractivity contribution >= 4 is 68.1 Å². The molecule has 0 fully saturated rings. The van der Waals surface area contributed by atoms with Crippen LogP contribution in [0.25, 0.3) is 0 Å². The first-order valence-electron chi connectivity index (χ1n) is 10.7. The summed E-state index contributed by atoms with van der Waals surface area (Å²) in [6.07, 6.45) is 0.543. The second-order valence-electron chi connectivity index (χ2n) is 7.51. The summed E-state index contributed by atoms with van der Waals surface area (Å²) in [4.78, 5) is 41.7. The van der Waals surface area contributed by atoms with E-state index in [1.807, 2.05) is 41.8 Å². The molecule has 0 saturated carbocycles. The number of hydrogen-bond acceptors (Lipinski definition) is 7. The third-order valence-corrected chi connectivity index (χ3v) is 7.50. The summed E-state index contributed by atoms with van der Waals surface area (Å²) in [5.74, 6) is -0.933. The normalized spacial score (nSPS) is 13.5. The van der Waals surface area contributed by atoms with E-state index in [1.165, 1.54) is 28.0 Å². The number of amides is 3. The number of nitrogens with zero attached hydrogens (tertiary/aromatic N) is 1. The monoisotopic (exact) mass is 571 g/mol. The lowest BCUT2D eigenvalue weighted by Crippen LogP contribution is -2.33. The quantitative estimate of drug-likeness (QED) is 0.244. The van der Waals surface area contributed by atoms with Crippen LogP contribution in [0, 0.1) is 0 Å². The maximum atomic E-state index is 13.3. The summed E-state index contributed by atoms with van der Waals surface area (Å²) < 4.78 is 5.98. The van der Waals surface area contributed by atoms with Gasteiger partial charge in [0.05, 0.1) is 4.88 Å². The molecular weight excluding hydrogens is 550 g/mol. The van der Waals surface area contributed by atoms with Gasteiger partial charge in [0.1, 0.15) is 10.6 Å². The molecule has 2 heterocycles. The Morgan fingerprint density at radius 2 is 1.86 bits per heavy atom. The maximum absolute atomic E-state index is 13.3. The van der Waals surface area contributed by atoms with Crippen molar-refractivity contribution < 1.29 is 19.1 Å². The van der Waals surface area contributed by atoms with Crippen molar-refractivity contribution in [1.29, 1.82) is 0 Å². The van der Waals surface area contributed by atoms with E-state index < -0.39 is 0 Å². The van der Waals surface area contributed by atoms with Crippen molar-refractivity contribution in [2.75, 3.05) is 30.9 Å². The summed E-state index contributed by atoms with van der Waals surface area (Å²) >= 11 is 5.95. The lowest BCUT2D eigenvalue weighted by atomic mass is 10.3. The van der Waals surface area contributed by atoms with Gasteiger partial charge in [-0.15, -0.1) is 11.3 Å². The smallest absolute Gasteiger partial charge is 0.278 e. The molecule has 0 aliphatic carbocycles. The standard InChI is InChI=1S/C25H22BrN3O4S2/c1-33-13-4-12-29-24(31)21(27-17-10-8-16(26)9-11-17)22(25(29)32)35-19-6-2-5-18(15-19)28-23(30)20-7-3-14-34-20/h2-3,5-11,14-15,27H,4,12-13H2,1H3,(H,28,30). The predicted octanol–water partition coefficient (Wildman–Crippen LogP) is 5.58. The average Bonchev–Trinajstić information content (AvgIpc) is 3.46. The fourth-order valence-corrected chi connectivity index (χ4v) is 5.25. The largest absolute Gasteiger partial charge is 0.385 e. The van der Waals surface area contributed by atoms with Gasteiger partial charge in [0.2, 0.25) is 0 Å². The molecule has 35 heavy (non-hydrogen) atoms. The van der Waals surface area contributed by atoms with E-state index in [9.17, 15) is 14.4 Å². The highest BCUT2D eigenvalue weighted by Crippen LogP contribution is 2.37. The van der Waals surface area contributed by atoms with Gasteiger partial charge in [-0.05, 0) is 60.3 Å². The first-order valence-corrected chi connectivity index (χ1v) is 13.2. The Kier molecular flexibility index (Phi) is 8.40. The van der Waals surface area contributed by atoms with Crippen LogP contribution in [-0.2, 0) is 14.3 Å². The van der Waals surface area contributed by atoms with E-state index in [-0.39, 0.29) is 30.0 Å². The maximum Gasteiger partial charge on any atom is 0.278 e. The number of nitrogens with one attached hydrogen (secondary N) is 2. The zero-order chi connectivity index (χ0) is 24.8. The third-order valence-electron chi connectivity index (χ3n) is 5.03. The number of ether oxygens (including phenoxy) is 1. The van der Waals surface area contributed by atoms with Gasteiger partial charge in [0.15, 0.2) is 0 Å². The van der Waals surface area contributed by atoms with Crippen LogP contribution in [0.2, 0.25) is 0 Å². The molecule has 1 aliphatic heterocycles. The lowest BCUT2D eigenvalue weighted by molar-refractivity contribution is -0.137. The third kappa shape index (κ3) is 6.21. The number of hydrogen-bond donors (Lipinski definition) is 2. The molecule has 3 aromatic rings. The Bertz CT molecular complexity index is 1260. The topological polar surface area (TPSA) is 87.7 Å². The van der Waals surface area contributed by atoms with Crippen molar-refractivity contribution in [2.45, 2.75) is 11.3 Å². The molecule has 2 N–H and O–H groups in total. The van der Waals surface area contributed by atoms with E-state index in [0.29, 0.717) is 34.2 Å². The van der Waals surface area contributed by atoms with E-state index in [4.69, 9.17) is 4.74 Å². The molecule has 1 aromatic heterocycles. The van der Waals surface area contributed by atoms with Crippen molar-refractivity contribution in [3.05, 3.63) is 86.0 Å². The molecule has 0 radical (unpaired) electrons. The minimum atomic E-state index is -0.376.